The van der Waals surface area contributed by atoms with Crippen LogP contribution in [0.1, 0.15) is 97.3 Å². The fourth-order valence-corrected chi connectivity index (χ4v) is 5.10. The molecule has 36 heavy (non-hydrogen) atoms. The maximum absolute atomic E-state index is 12.5. The zero-order valence-corrected chi connectivity index (χ0v) is 22.5. The Bertz CT molecular complexity index is 690. The topological polar surface area (TPSA) is 105 Å². The third-order valence-electron chi connectivity index (χ3n) is 7.63. The van der Waals surface area contributed by atoms with Gasteiger partial charge in [-0.3, -0.25) is 19.2 Å². The van der Waals surface area contributed by atoms with Gasteiger partial charge in [-0.25, -0.2) is 0 Å². The fourth-order valence-electron chi connectivity index (χ4n) is 5.10. The minimum atomic E-state index is -0.485. The number of ether oxygens (including phenoxy) is 4. The number of hydrogen-bond donors (Lipinski definition) is 0. The van der Waals surface area contributed by atoms with Crippen LogP contribution in [0, 0.1) is 23.7 Å². The molecule has 0 aromatic heterocycles. The summed E-state index contributed by atoms with van der Waals surface area (Å²) in [5, 5.41) is 0. The summed E-state index contributed by atoms with van der Waals surface area (Å²) in [5.74, 6) is -0.291. The molecular weight excluding hydrogens is 464 g/mol. The van der Waals surface area contributed by atoms with Crippen LogP contribution < -0.4 is 0 Å². The molecule has 2 saturated carbocycles. The van der Waals surface area contributed by atoms with Crippen LogP contribution >= 0.6 is 0 Å². The Balaban J connectivity index is 1.50. The second kappa shape index (κ2) is 16.8. The molecule has 0 aliphatic heterocycles. The van der Waals surface area contributed by atoms with Gasteiger partial charge in [0.25, 0.3) is 0 Å². The Kier molecular flexibility index (Phi) is 14.2. The molecule has 1 atom stereocenters. The van der Waals surface area contributed by atoms with Crippen LogP contribution in [0.15, 0.2) is 0 Å². The van der Waals surface area contributed by atoms with Crippen LogP contribution in [0.25, 0.3) is 0 Å². The van der Waals surface area contributed by atoms with Crippen molar-refractivity contribution >= 4 is 23.5 Å². The van der Waals surface area contributed by atoms with Crippen molar-refractivity contribution in [1.82, 2.24) is 0 Å². The number of esters is 2. The van der Waals surface area contributed by atoms with E-state index in [2.05, 4.69) is 6.92 Å². The maximum atomic E-state index is 12.5. The molecule has 0 N–H and O–H groups in total. The van der Waals surface area contributed by atoms with E-state index in [-0.39, 0.29) is 53.8 Å². The van der Waals surface area contributed by atoms with Gasteiger partial charge < -0.3 is 18.9 Å². The second-order valence-electron chi connectivity index (χ2n) is 10.3. The Labute approximate surface area is 216 Å². The predicted molar refractivity (Wildman–Crippen MR) is 134 cm³/mol. The van der Waals surface area contributed by atoms with E-state index in [1.165, 1.54) is 0 Å². The minimum absolute atomic E-state index is 0.0635. The van der Waals surface area contributed by atoms with Gasteiger partial charge in [0.1, 0.15) is 12.4 Å². The molecule has 0 radical (unpaired) electrons. The van der Waals surface area contributed by atoms with Crippen LogP contribution in [-0.4, -0.2) is 56.7 Å². The molecule has 0 spiro atoms. The first-order chi connectivity index (χ1) is 17.3. The minimum Gasteiger partial charge on any atom is -0.465 e. The van der Waals surface area contributed by atoms with Crippen molar-refractivity contribution in [1.29, 1.82) is 0 Å². The van der Waals surface area contributed by atoms with Gasteiger partial charge in [0.05, 0.1) is 18.4 Å². The highest BCUT2D eigenvalue weighted by atomic mass is 16.7. The smallest absolute Gasteiger partial charge is 0.311 e. The van der Waals surface area contributed by atoms with Crippen LogP contribution in [-0.2, 0) is 38.1 Å². The summed E-state index contributed by atoms with van der Waals surface area (Å²) in [5.41, 5.74) is 0. The fraction of sp³-hybridized carbons (Fsp3) is 0.857. The molecule has 8 nitrogen and oxygen atoms in total. The largest absolute Gasteiger partial charge is 0.465 e. The van der Waals surface area contributed by atoms with E-state index in [0.717, 1.165) is 44.9 Å². The normalized spacial score (nSPS) is 25.1. The highest BCUT2D eigenvalue weighted by molar-refractivity contribution is 5.82. The predicted octanol–water partition coefficient (Wildman–Crippen LogP) is 4.80. The van der Waals surface area contributed by atoms with Crippen LogP contribution in [0.3, 0.4) is 0 Å². The summed E-state index contributed by atoms with van der Waals surface area (Å²) in [6, 6.07) is 0. The molecule has 2 fully saturated rings. The number of methoxy groups -OCH3 is 1. The van der Waals surface area contributed by atoms with Crippen LogP contribution in [0.5, 0.6) is 0 Å². The molecule has 0 aromatic rings. The molecule has 8 heteroatoms. The first kappa shape index (κ1) is 30.4. The molecule has 0 aromatic carbocycles. The molecule has 2 rings (SSSR count). The van der Waals surface area contributed by atoms with Gasteiger partial charge in [-0.15, -0.1) is 0 Å². The van der Waals surface area contributed by atoms with Crippen molar-refractivity contribution in [3.8, 4) is 0 Å². The van der Waals surface area contributed by atoms with Gasteiger partial charge in [0, 0.05) is 32.0 Å². The highest BCUT2D eigenvalue weighted by Crippen LogP contribution is 2.31. The van der Waals surface area contributed by atoms with Crippen LogP contribution in [0.2, 0.25) is 0 Å². The highest BCUT2D eigenvalue weighted by Gasteiger charge is 2.32. The van der Waals surface area contributed by atoms with Gasteiger partial charge >= 0.3 is 11.9 Å². The van der Waals surface area contributed by atoms with Crippen LogP contribution in [0.4, 0.5) is 0 Å². The lowest BCUT2D eigenvalue weighted by atomic mass is 9.80. The first-order valence-electron chi connectivity index (χ1n) is 13.9. The van der Waals surface area contributed by atoms with Crippen molar-refractivity contribution in [2.24, 2.45) is 23.7 Å². The van der Waals surface area contributed by atoms with Crippen molar-refractivity contribution in [2.75, 3.05) is 26.9 Å². The Morgan fingerprint density at radius 2 is 1.31 bits per heavy atom. The molecule has 0 heterocycles. The summed E-state index contributed by atoms with van der Waals surface area (Å²) >= 11 is 0. The Hall–Kier alpha value is -1.80. The number of rotatable bonds is 16. The van der Waals surface area contributed by atoms with E-state index in [1.807, 2.05) is 0 Å². The molecular formula is C28H46O8. The van der Waals surface area contributed by atoms with E-state index < -0.39 is 6.29 Å². The summed E-state index contributed by atoms with van der Waals surface area (Å²) in [4.78, 5) is 48.5. The van der Waals surface area contributed by atoms with Gasteiger partial charge in [0.15, 0.2) is 5.78 Å². The third kappa shape index (κ3) is 10.7. The summed E-state index contributed by atoms with van der Waals surface area (Å²) < 4.78 is 21.7. The molecule has 2 aliphatic rings. The van der Waals surface area contributed by atoms with Crippen molar-refractivity contribution in [3.05, 3.63) is 0 Å². The second-order valence-corrected chi connectivity index (χ2v) is 10.3. The number of Topliss-reactive ketones (excluding diaryl/α,β-unsaturated/α-hetero) is 2. The van der Waals surface area contributed by atoms with E-state index >= 15 is 0 Å². The molecule has 206 valence electrons. The molecule has 0 amide bonds. The van der Waals surface area contributed by atoms with Gasteiger partial charge in [-0.05, 0) is 77.6 Å². The van der Waals surface area contributed by atoms with Crippen molar-refractivity contribution in [2.45, 2.75) is 104 Å². The molecule has 2 aliphatic carbocycles. The van der Waals surface area contributed by atoms with E-state index in [4.69, 9.17) is 18.9 Å². The quantitative estimate of drug-likeness (QED) is 0.166. The zero-order valence-electron chi connectivity index (χ0n) is 22.5. The number of ketones is 2. The van der Waals surface area contributed by atoms with E-state index in [1.54, 1.807) is 14.0 Å². The average Bonchev–Trinajstić information content (AvgIpc) is 2.90. The molecule has 0 saturated heterocycles. The average molecular weight is 511 g/mol. The Morgan fingerprint density at radius 3 is 1.89 bits per heavy atom. The van der Waals surface area contributed by atoms with Crippen molar-refractivity contribution in [3.63, 3.8) is 0 Å². The van der Waals surface area contributed by atoms with E-state index in [9.17, 15) is 19.2 Å². The summed E-state index contributed by atoms with van der Waals surface area (Å²) in [6.07, 6.45) is 9.26. The monoisotopic (exact) mass is 510 g/mol. The molecule has 0 bridgehead atoms. The van der Waals surface area contributed by atoms with Gasteiger partial charge in [0.2, 0.25) is 6.29 Å². The lowest BCUT2D eigenvalue weighted by Gasteiger charge is -2.27. The Morgan fingerprint density at radius 1 is 0.750 bits per heavy atom. The summed E-state index contributed by atoms with van der Waals surface area (Å²) in [6.45, 7) is 4.59. The number of hydrogen-bond acceptors (Lipinski definition) is 8. The standard InChI is InChI=1S/C28H46O8/c1-4-5-8-26(33-3)36-28(32)24-15-11-22(12-16-24)25(30)19-34-17-6-7-18-35-27(31)23-13-9-21(10-14-23)20(2)29/h21-24,26H,4-19H2,1-3H3. The lowest BCUT2D eigenvalue weighted by molar-refractivity contribution is -0.181. The SMILES string of the molecule is CCCCC(OC)OC(=O)C1CCC(C(=O)COCCCCOC(=O)C2CCC(C(C)=O)CC2)CC1. The zero-order chi connectivity index (χ0) is 26.3. The van der Waals surface area contributed by atoms with E-state index in [0.29, 0.717) is 51.7 Å². The number of carbonyl (C=O) groups excluding carboxylic acids is 4. The first-order valence-corrected chi connectivity index (χ1v) is 13.9. The van der Waals surface area contributed by atoms with Gasteiger partial charge in [-0.1, -0.05) is 13.3 Å². The number of carbonyl (C=O) groups is 4. The maximum Gasteiger partial charge on any atom is 0.311 e. The molecule has 1 unspecified atom stereocenters. The third-order valence-corrected chi connectivity index (χ3v) is 7.63. The lowest BCUT2D eigenvalue weighted by Crippen LogP contribution is -2.31. The van der Waals surface area contributed by atoms with Gasteiger partial charge in [-0.2, -0.15) is 0 Å². The summed E-state index contributed by atoms with van der Waals surface area (Å²) in [7, 11) is 1.56. The number of unbranched alkanes of at least 4 members (excludes halogenated alkanes) is 2. The van der Waals surface area contributed by atoms with Crippen molar-refractivity contribution < 1.29 is 38.1 Å².